The molecule has 0 saturated carbocycles. The van der Waals surface area contributed by atoms with Gasteiger partial charge in [-0.15, -0.1) is 0 Å². The van der Waals surface area contributed by atoms with E-state index < -0.39 is 0 Å². The number of methoxy groups -OCH3 is 1. The number of likely N-dealkylation sites (tertiary alicyclic amines) is 1. The fourth-order valence-electron chi connectivity index (χ4n) is 3.04. The van der Waals surface area contributed by atoms with E-state index in [-0.39, 0.29) is 6.04 Å². The summed E-state index contributed by atoms with van der Waals surface area (Å²) in [6, 6.07) is 6.82. The standard InChI is InChI=1S/C17H28N2O2/c1-12(2)19-9-7-14(8-10-19)18-13(3)16-6-5-15(21-4)11-17(16)20/h5-6,11-14,18,20H,7-10H2,1-4H3. The Balaban J connectivity index is 1.92. The third-order valence-electron chi connectivity index (χ3n) is 4.45. The first kappa shape index (κ1) is 16.1. The lowest BCUT2D eigenvalue weighted by atomic mass is 10.00. The van der Waals surface area contributed by atoms with Crippen LogP contribution in [-0.2, 0) is 0 Å². The van der Waals surface area contributed by atoms with E-state index in [1.54, 1.807) is 13.2 Å². The van der Waals surface area contributed by atoms with Crippen LogP contribution < -0.4 is 10.1 Å². The van der Waals surface area contributed by atoms with Crippen molar-refractivity contribution in [3.8, 4) is 11.5 Å². The van der Waals surface area contributed by atoms with Crippen LogP contribution in [0.5, 0.6) is 11.5 Å². The zero-order valence-corrected chi connectivity index (χ0v) is 13.6. The van der Waals surface area contributed by atoms with E-state index in [9.17, 15) is 5.11 Å². The summed E-state index contributed by atoms with van der Waals surface area (Å²) in [5.74, 6) is 0.989. The smallest absolute Gasteiger partial charge is 0.124 e. The number of hydrogen-bond acceptors (Lipinski definition) is 4. The molecule has 1 fully saturated rings. The molecule has 1 saturated heterocycles. The second-order valence-corrected chi connectivity index (χ2v) is 6.22. The lowest BCUT2D eigenvalue weighted by molar-refractivity contribution is 0.157. The molecule has 1 heterocycles. The predicted molar refractivity (Wildman–Crippen MR) is 85.9 cm³/mol. The molecule has 1 unspecified atom stereocenters. The molecule has 0 radical (unpaired) electrons. The van der Waals surface area contributed by atoms with Gasteiger partial charge in [0, 0.05) is 29.8 Å². The minimum atomic E-state index is 0.145. The number of nitrogens with one attached hydrogen (secondary N) is 1. The fraction of sp³-hybridized carbons (Fsp3) is 0.647. The third-order valence-corrected chi connectivity index (χ3v) is 4.45. The molecule has 2 N–H and O–H groups in total. The van der Waals surface area contributed by atoms with E-state index in [0.29, 0.717) is 23.6 Å². The minimum Gasteiger partial charge on any atom is -0.507 e. The molecule has 1 aliphatic heterocycles. The summed E-state index contributed by atoms with van der Waals surface area (Å²) >= 11 is 0. The van der Waals surface area contributed by atoms with Gasteiger partial charge in [0.05, 0.1) is 7.11 Å². The van der Waals surface area contributed by atoms with Gasteiger partial charge < -0.3 is 20.1 Å². The van der Waals surface area contributed by atoms with Crippen LogP contribution in [0.4, 0.5) is 0 Å². The highest BCUT2D eigenvalue weighted by Gasteiger charge is 2.22. The van der Waals surface area contributed by atoms with Gasteiger partial charge in [0.25, 0.3) is 0 Å². The van der Waals surface area contributed by atoms with E-state index in [2.05, 4.69) is 31.0 Å². The highest BCUT2D eigenvalue weighted by atomic mass is 16.5. The summed E-state index contributed by atoms with van der Waals surface area (Å²) in [6.45, 7) is 8.92. The van der Waals surface area contributed by atoms with Gasteiger partial charge in [-0.2, -0.15) is 0 Å². The van der Waals surface area contributed by atoms with Crippen LogP contribution in [0.25, 0.3) is 0 Å². The molecular weight excluding hydrogens is 264 g/mol. The van der Waals surface area contributed by atoms with Crippen molar-refractivity contribution in [2.75, 3.05) is 20.2 Å². The monoisotopic (exact) mass is 292 g/mol. The Kier molecular flexibility index (Phi) is 5.48. The quantitative estimate of drug-likeness (QED) is 0.876. The van der Waals surface area contributed by atoms with Crippen molar-refractivity contribution in [3.05, 3.63) is 23.8 Å². The molecule has 1 atom stereocenters. The number of phenolic OH excluding ortho intramolecular Hbond substituents is 1. The molecule has 0 bridgehead atoms. The summed E-state index contributed by atoms with van der Waals surface area (Å²) in [4.78, 5) is 2.52. The van der Waals surface area contributed by atoms with E-state index in [0.717, 1.165) is 18.7 Å². The zero-order valence-electron chi connectivity index (χ0n) is 13.6. The second-order valence-electron chi connectivity index (χ2n) is 6.22. The predicted octanol–water partition coefficient (Wildman–Crippen LogP) is 2.92. The molecule has 2 rings (SSSR count). The highest BCUT2D eigenvalue weighted by Crippen LogP contribution is 2.29. The highest BCUT2D eigenvalue weighted by molar-refractivity contribution is 5.41. The van der Waals surface area contributed by atoms with Gasteiger partial charge >= 0.3 is 0 Å². The van der Waals surface area contributed by atoms with E-state index in [4.69, 9.17) is 4.74 Å². The zero-order chi connectivity index (χ0) is 15.4. The molecular formula is C17H28N2O2. The average Bonchev–Trinajstić information content (AvgIpc) is 2.47. The molecule has 0 spiro atoms. The van der Waals surface area contributed by atoms with Gasteiger partial charge in [0.1, 0.15) is 11.5 Å². The molecule has 4 nitrogen and oxygen atoms in total. The van der Waals surface area contributed by atoms with Crippen LogP contribution in [0.1, 0.15) is 45.2 Å². The van der Waals surface area contributed by atoms with E-state index in [1.165, 1.54) is 12.8 Å². The number of nitrogens with zero attached hydrogens (tertiary/aromatic N) is 1. The van der Waals surface area contributed by atoms with E-state index in [1.807, 2.05) is 12.1 Å². The first-order valence-corrected chi connectivity index (χ1v) is 7.88. The normalized spacial score (nSPS) is 18.9. The molecule has 118 valence electrons. The number of ether oxygens (including phenoxy) is 1. The lowest BCUT2D eigenvalue weighted by Crippen LogP contribution is -2.45. The van der Waals surface area contributed by atoms with Crippen LogP contribution >= 0.6 is 0 Å². The van der Waals surface area contributed by atoms with Gasteiger partial charge in [0.15, 0.2) is 0 Å². The van der Waals surface area contributed by atoms with Gasteiger partial charge in [-0.1, -0.05) is 6.07 Å². The van der Waals surface area contributed by atoms with Crippen LogP contribution in [0.3, 0.4) is 0 Å². The molecule has 0 aromatic heterocycles. The molecule has 1 aromatic rings. The van der Waals surface area contributed by atoms with Crippen LogP contribution in [-0.4, -0.2) is 42.3 Å². The summed E-state index contributed by atoms with van der Waals surface area (Å²) in [5.41, 5.74) is 0.932. The minimum absolute atomic E-state index is 0.145. The van der Waals surface area contributed by atoms with Gasteiger partial charge in [0.2, 0.25) is 0 Å². The molecule has 4 heteroatoms. The molecule has 1 aromatic carbocycles. The van der Waals surface area contributed by atoms with Crippen molar-refractivity contribution in [2.24, 2.45) is 0 Å². The molecule has 1 aliphatic rings. The molecule has 0 amide bonds. The first-order valence-electron chi connectivity index (χ1n) is 7.88. The number of piperidine rings is 1. The summed E-state index contributed by atoms with van der Waals surface area (Å²) in [5, 5.41) is 13.8. The second kappa shape index (κ2) is 7.14. The van der Waals surface area contributed by atoms with Gasteiger partial charge in [-0.25, -0.2) is 0 Å². The number of hydrogen-bond donors (Lipinski definition) is 2. The first-order chi connectivity index (χ1) is 10.0. The Morgan fingerprint density at radius 3 is 2.43 bits per heavy atom. The van der Waals surface area contributed by atoms with E-state index >= 15 is 0 Å². The Bertz CT molecular complexity index is 454. The van der Waals surface area contributed by atoms with Crippen LogP contribution in [0, 0.1) is 0 Å². The van der Waals surface area contributed by atoms with Gasteiger partial charge in [-0.05, 0) is 52.8 Å². The van der Waals surface area contributed by atoms with Crippen molar-refractivity contribution >= 4 is 0 Å². The van der Waals surface area contributed by atoms with Crippen LogP contribution in [0.15, 0.2) is 18.2 Å². The Hall–Kier alpha value is -1.26. The van der Waals surface area contributed by atoms with Gasteiger partial charge in [-0.3, -0.25) is 0 Å². The summed E-state index contributed by atoms with van der Waals surface area (Å²) < 4.78 is 5.13. The topological polar surface area (TPSA) is 44.7 Å². The van der Waals surface area contributed by atoms with Crippen LogP contribution in [0.2, 0.25) is 0 Å². The average molecular weight is 292 g/mol. The number of benzene rings is 1. The maximum atomic E-state index is 10.1. The fourth-order valence-corrected chi connectivity index (χ4v) is 3.04. The number of rotatable bonds is 5. The molecule has 0 aliphatic carbocycles. The maximum absolute atomic E-state index is 10.1. The van der Waals surface area contributed by atoms with Crippen molar-refractivity contribution in [3.63, 3.8) is 0 Å². The third kappa shape index (κ3) is 4.11. The van der Waals surface area contributed by atoms with Crippen molar-refractivity contribution < 1.29 is 9.84 Å². The van der Waals surface area contributed by atoms with Crippen molar-refractivity contribution in [2.45, 2.75) is 51.7 Å². The maximum Gasteiger partial charge on any atom is 0.124 e. The Morgan fingerprint density at radius 2 is 1.90 bits per heavy atom. The summed E-state index contributed by atoms with van der Waals surface area (Å²) in [7, 11) is 1.61. The summed E-state index contributed by atoms with van der Waals surface area (Å²) in [6.07, 6.45) is 2.33. The van der Waals surface area contributed by atoms with Crippen molar-refractivity contribution in [1.82, 2.24) is 10.2 Å². The number of aromatic hydroxyl groups is 1. The Labute approximate surface area is 128 Å². The SMILES string of the molecule is COc1ccc(C(C)NC2CCN(C(C)C)CC2)c(O)c1. The largest absolute Gasteiger partial charge is 0.507 e. The Morgan fingerprint density at radius 1 is 1.24 bits per heavy atom. The number of phenols is 1. The molecule has 21 heavy (non-hydrogen) atoms. The lowest BCUT2D eigenvalue weighted by Gasteiger charge is -2.36. The van der Waals surface area contributed by atoms with Crippen molar-refractivity contribution in [1.29, 1.82) is 0 Å².